The molecule has 0 aliphatic carbocycles. The van der Waals surface area contributed by atoms with E-state index >= 15 is 0 Å². The molecular weight excluding hydrogens is 254 g/mol. The van der Waals surface area contributed by atoms with Crippen LogP contribution in [-0.2, 0) is 9.53 Å². The zero-order valence-corrected chi connectivity index (χ0v) is 12.5. The molecule has 1 amide bonds. The fraction of sp³-hybridized carbons (Fsp3) is 0.933. The standard InChI is InChI=1S/C15H27N3O2/c1-17-6-2-3-12-10-18(7-4-14(12)17)15(19)9-13-11-20-8-5-16-13/h12-14,16H,2-11H2,1H3. The summed E-state index contributed by atoms with van der Waals surface area (Å²) in [7, 11) is 2.23. The van der Waals surface area contributed by atoms with Crippen molar-refractivity contribution in [3.63, 3.8) is 0 Å². The predicted molar refractivity (Wildman–Crippen MR) is 77.6 cm³/mol. The number of hydrogen-bond donors (Lipinski definition) is 1. The topological polar surface area (TPSA) is 44.8 Å². The van der Waals surface area contributed by atoms with Crippen LogP contribution in [0.25, 0.3) is 0 Å². The number of carbonyl (C=O) groups is 1. The molecule has 3 atom stereocenters. The first kappa shape index (κ1) is 14.3. The van der Waals surface area contributed by atoms with Gasteiger partial charge in [0.1, 0.15) is 0 Å². The number of nitrogens with zero attached hydrogens (tertiary/aromatic N) is 2. The summed E-state index contributed by atoms with van der Waals surface area (Å²) in [5, 5.41) is 3.37. The van der Waals surface area contributed by atoms with Crippen LogP contribution in [0.2, 0.25) is 0 Å². The lowest BCUT2D eigenvalue weighted by molar-refractivity contribution is -0.136. The van der Waals surface area contributed by atoms with Crippen molar-refractivity contribution in [2.45, 2.75) is 37.8 Å². The summed E-state index contributed by atoms with van der Waals surface area (Å²) in [4.78, 5) is 17.0. The second-order valence-corrected chi connectivity index (χ2v) is 6.51. The fourth-order valence-electron chi connectivity index (χ4n) is 3.97. The number of carbonyl (C=O) groups excluding carboxylic acids is 1. The second kappa shape index (κ2) is 6.41. The molecule has 5 heteroatoms. The van der Waals surface area contributed by atoms with E-state index in [1.807, 2.05) is 0 Å². The molecule has 0 aromatic heterocycles. The molecule has 0 radical (unpaired) electrons. The quantitative estimate of drug-likeness (QED) is 0.791. The molecule has 3 saturated heterocycles. The zero-order chi connectivity index (χ0) is 13.9. The van der Waals surface area contributed by atoms with Crippen molar-refractivity contribution in [1.82, 2.24) is 15.1 Å². The smallest absolute Gasteiger partial charge is 0.224 e. The van der Waals surface area contributed by atoms with Crippen molar-refractivity contribution in [1.29, 1.82) is 0 Å². The lowest BCUT2D eigenvalue weighted by Gasteiger charge is -2.46. The fourth-order valence-corrected chi connectivity index (χ4v) is 3.97. The number of fused-ring (bicyclic) bond motifs is 1. The van der Waals surface area contributed by atoms with E-state index in [1.54, 1.807) is 0 Å². The van der Waals surface area contributed by atoms with E-state index < -0.39 is 0 Å². The van der Waals surface area contributed by atoms with Gasteiger partial charge in [-0.1, -0.05) is 0 Å². The monoisotopic (exact) mass is 281 g/mol. The summed E-state index contributed by atoms with van der Waals surface area (Å²) in [6.07, 6.45) is 4.29. The van der Waals surface area contributed by atoms with Crippen molar-refractivity contribution in [2.24, 2.45) is 5.92 Å². The Morgan fingerprint density at radius 2 is 2.25 bits per heavy atom. The van der Waals surface area contributed by atoms with Crippen molar-refractivity contribution < 1.29 is 9.53 Å². The summed E-state index contributed by atoms with van der Waals surface area (Å²) in [6.45, 7) is 5.42. The maximum atomic E-state index is 12.4. The van der Waals surface area contributed by atoms with Gasteiger partial charge in [-0.2, -0.15) is 0 Å². The van der Waals surface area contributed by atoms with Crippen LogP contribution in [0.3, 0.4) is 0 Å². The van der Waals surface area contributed by atoms with Gasteiger partial charge in [0.15, 0.2) is 0 Å². The van der Waals surface area contributed by atoms with Crippen LogP contribution in [-0.4, -0.2) is 74.2 Å². The highest BCUT2D eigenvalue weighted by atomic mass is 16.5. The van der Waals surface area contributed by atoms with E-state index in [-0.39, 0.29) is 6.04 Å². The van der Waals surface area contributed by atoms with Gasteiger partial charge in [0, 0.05) is 38.1 Å². The molecule has 0 spiro atoms. The van der Waals surface area contributed by atoms with E-state index in [9.17, 15) is 4.79 Å². The van der Waals surface area contributed by atoms with Crippen LogP contribution in [0.5, 0.6) is 0 Å². The first-order valence-corrected chi connectivity index (χ1v) is 8.03. The summed E-state index contributed by atoms with van der Waals surface area (Å²) >= 11 is 0. The average Bonchev–Trinajstić information content (AvgIpc) is 2.48. The third-order valence-corrected chi connectivity index (χ3v) is 5.12. The number of piperidine rings is 2. The van der Waals surface area contributed by atoms with Crippen molar-refractivity contribution in [3.8, 4) is 0 Å². The van der Waals surface area contributed by atoms with E-state index in [2.05, 4.69) is 22.2 Å². The molecule has 0 bridgehead atoms. The van der Waals surface area contributed by atoms with E-state index in [4.69, 9.17) is 4.74 Å². The van der Waals surface area contributed by atoms with E-state index in [0.717, 1.165) is 32.7 Å². The van der Waals surface area contributed by atoms with Crippen LogP contribution in [0.15, 0.2) is 0 Å². The summed E-state index contributed by atoms with van der Waals surface area (Å²) in [5.74, 6) is 0.988. The van der Waals surface area contributed by atoms with Crippen molar-refractivity contribution in [2.75, 3.05) is 46.4 Å². The highest BCUT2D eigenvalue weighted by Gasteiger charge is 2.36. The molecule has 3 rings (SSSR count). The van der Waals surface area contributed by atoms with Crippen LogP contribution in [0.1, 0.15) is 25.7 Å². The number of amides is 1. The van der Waals surface area contributed by atoms with Gasteiger partial charge in [0.05, 0.1) is 13.2 Å². The highest BCUT2D eigenvalue weighted by molar-refractivity contribution is 5.77. The number of nitrogens with one attached hydrogen (secondary N) is 1. The van der Waals surface area contributed by atoms with Gasteiger partial charge >= 0.3 is 0 Å². The molecule has 3 aliphatic heterocycles. The SMILES string of the molecule is CN1CCCC2CN(C(=O)CC3COCCN3)CCC21. The lowest BCUT2D eigenvalue weighted by Crippen LogP contribution is -2.54. The largest absolute Gasteiger partial charge is 0.378 e. The van der Waals surface area contributed by atoms with Gasteiger partial charge in [-0.3, -0.25) is 4.79 Å². The van der Waals surface area contributed by atoms with Gasteiger partial charge in [0.25, 0.3) is 0 Å². The molecule has 0 saturated carbocycles. The van der Waals surface area contributed by atoms with Crippen molar-refractivity contribution >= 4 is 5.91 Å². The van der Waals surface area contributed by atoms with E-state index in [0.29, 0.717) is 30.9 Å². The normalized spacial score (nSPS) is 35.6. The van der Waals surface area contributed by atoms with Crippen LogP contribution in [0.4, 0.5) is 0 Å². The average molecular weight is 281 g/mol. The number of ether oxygens (including phenoxy) is 1. The third-order valence-electron chi connectivity index (χ3n) is 5.12. The van der Waals surface area contributed by atoms with Gasteiger partial charge in [-0.15, -0.1) is 0 Å². The van der Waals surface area contributed by atoms with Gasteiger partial charge in [-0.25, -0.2) is 0 Å². The highest BCUT2D eigenvalue weighted by Crippen LogP contribution is 2.29. The van der Waals surface area contributed by atoms with E-state index in [1.165, 1.54) is 19.4 Å². The lowest BCUT2D eigenvalue weighted by atomic mass is 9.84. The zero-order valence-electron chi connectivity index (χ0n) is 12.5. The Kier molecular flexibility index (Phi) is 4.58. The molecule has 3 unspecified atom stereocenters. The first-order chi connectivity index (χ1) is 9.74. The molecule has 3 aliphatic rings. The molecule has 5 nitrogen and oxygen atoms in total. The number of hydrogen-bond acceptors (Lipinski definition) is 4. The molecule has 114 valence electrons. The van der Waals surface area contributed by atoms with Gasteiger partial charge in [-0.05, 0) is 38.8 Å². The Hall–Kier alpha value is -0.650. The Balaban J connectivity index is 1.51. The molecule has 0 aromatic rings. The minimum absolute atomic E-state index is 0.211. The van der Waals surface area contributed by atoms with Gasteiger partial charge in [0.2, 0.25) is 5.91 Å². The molecule has 3 heterocycles. The summed E-state index contributed by atoms with van der Waals surface area (Å²) < 4.78 is 5.43. The minimum Gasteiger partial charge on any atom is -0.378 e. The molecular formula is C15H27N3O2. The van der Waals surface area contributed by atoms with Crippen LogP contribution >= 0.6 is 0 Å². The molecule has 0 aromatic carbocycles. The van der Waals surface area contributed by atoms with Crippen LogP contribution in [0, 0.1) is 5.92 Å². The number of morpholine rings is 1. The summed E-state index contributed by atoms with van der Waals surface area (Å²) in [6, 6.07) is 0.909. The molecule has 3 fully saturated rings. The Bertz CT molecular complexity index is 344. The predicted octanol–water partition coefficient (Wildman–Crippen LogP) is 0.308. The van der Waals surface area contributed by atoms with Crippen molar-refractivity contribution in [3.05, 3.63) is 0 Å². The Labute approximate surface area is 121 Å². The summed E-state index contributed by atoms with van der Waals surface area (Å²) in [5.41, 5.74) is 0. The Morgan fingerprint density at radius 1 is 1.35 bits per heavy atom. The maximum Gasteiger partial charge on any atom is 0.224 e. The molecule has 20 heavy (non-hydrogen) atoms. The number of rotatable bonds is 2. The third kappa shape index (κ3) is 3.15. The van der Waals surface area contributed by atoms with Crippen LogP contribution < -0.4 is 5.32 Å². The number of likely N-dealkylation sites (tertiary alicyclic amines) is 2. The minimum atomic E-state index is 0.211. The Morgan fingerprint density at radius 3 is 3.05 bits per heavy atom. The molecule has 1 N–H and O–H groups in total. The first-order valence-electron chi connectivity index (χ1n) is 8.03. The van der Waals surface area contributed by atoms with Gasteiger partial charge < -0.3 is 19.9 Å². The second-order valence-electron chi connectivity index (χ2n) is 6.51. The maximum absolute atomic E-state index is 12.4.